The highest BCUT2D eigenvalue weighted by Crippen LogP contribution is 2.22. The molecule has 0 aliphatic heterocycles. The lowest BCUT2D eigenvalue weighted by Gasteiger charge is -2.12. The second-order valence-electron chi connectivity index (χ2n) is 7.36. The van der Waals surface area contributed by atoms with Gasteiger partial charge in [0.1, 0.15) is 5.82 Å². The molecule has 168 valence electrons. The van der Waals surface area contributed by atoms with Gasteiger partial charge in [-0.05, 0) is 48.9 Å². The third-order valence-electron chi connectivity index (χ3n) is 4.90. The van der Waals surface area contributed by atoms with Crippen LogP contribution < -0.4 is 10.9 Å². The number of aromatic nitrogens is 5. The molecule has 10 heteroatoms. The van der Waals surface area contributed by atoms with E-state index in [1.165, 1.54) is 4.57 Å². The van der Waals surface area contributed by atoms with E-state index in [4.69, 9.17) is 4.42 Å². The second kappa shape index (κ2) is 9.28. The average Bonchev–Trinajstić information content (AvgIpc) is 3.32. The van der Waals surface area contributed by atoms with Crippen LogP contribution in [-0.4, -0.2) is 36.4 Å². The number of benzene rings is 2. The van der Waals surface area contributed by atoms with Gasteiger partial charge in [-0.25, -0.2) is 14.5 Å². The molecule has 0 saturated heterocycles. The Morgan fingerprint density at radius 2 is 1.85 bits per heavy atom. The van der Waals surface area contributed by atoms with Crippen LogP contribution >= 0.6 is 11.8 Å². The molecule has 0 spiro atoms. The summed E-state index contributed by atoms with van der Waals surface area (Å²) < 4.78 is 6.96. The summed E-state index contributed by atoms with van der Waals surface area (Å²) in [7, 11) is 0. The third-order valence-corrected chi connectivity index (χ3v) is 5.84. The summed E-state index contributed by atoms with van der Waals surface area (Å²) in [6.45, 7) is 1.92. The van der Waals surface area contributed by atoms with Crippen molar-refractivity contribution >= 4 is 34.6 Å². The average molecular weight is 471 g/mol. The largest absolute Gasteiger partial charge is 0.403 e. The van der Waals surface area contributed by atoms with Gasteiger partial charge in [0.25, 0.3) is 5.56 Å². The molecule has 5 rings (SSSR count). The highest BCUT2D eigenvalue weighted by Gasteiger charge is 2.17. The van der Waals surface area contributed by atoms with Gasteiger partial charge >= 0.3 is 6.01 Å². The van der Waals surface area contributed by atoms with Crippen molar-refractivity contribution in [3.8, 4) is 17.3 Å². The minimum absolute atomic E-state index is 0.00587. The minimum atomic E-state index is -0.376. The summed E-state index contributed by atoms with van der Waals surface area (Å²) in [6.07, 6.45) is 1.63. The van der Waals surface area contributed by atoms with Crippen molar-refractivity contribution in [3.05, 3.63) is 88.8 Å². The lowest BCUT2D eigenvalue weighted by Crippen LogP contribution is -2.23. The maximum absolute atomic E-state index is 13.3. The number of rotatable bonds is 6. The number of fused-ring (bicyclic) bond motifs is 1. The molecule has 0 unspecified atom stereocenters. The number of para-hydroxylation sites is 1. The van der Waals surface area contributed by atoms with E-state index in [1.54, 1.807) is 30.5 Å². The molecule has 0 aliphatic rings. The SMILES string of the molecule is Cc1ccnc(-n2c(SCC(=O)Nc3nnc(-c4ccccc4)o3)nc3ccccc3c2=O)c1. The molecule has 3 heterocycles. The van der Waals surface area contributed by atoms with Gasteiger partial charge in [-0.2, -0.15) is 0 Å². The van der Waals surface area contributed by atoms with Crippen LogP contribution in [0.15, 0.2) is 87.3 Å². The third kappa shape index (κ3) is 4.44. The van der Waals surface area contributed by atoms with E-state index in [-0.39, 0.29) is 23.2 Å². The first kappa shape index (κ1) is 21.5. The molecule has 9 nitrogen and oxygen atoms in total. The van der Waals surface area contributed by atoms with Crippen LogP contribution in [0.2, 0.25) is 0 Å². The highest BCUT2D eigenvalue weighted by atomic mass is 32.2. The van der Waals surface area contributed by atoms with Crippen molar-refractivity contribution in [2.24, 2.45) is 0 Å². The molecule has 0 bridgehead atoms. The maximum atomic E-state index is 13.3. The molecule has 0 atom stereocenters. The van der Waals surface area contributed by atoms with E-state index in [0.29, 0.717) is 27.8 Å². The molecule has 3 aromatic heterocycles. The Kier molecular flexibility index (Phi) is 5.88. The fourth-order valence-corrected chi connectivity index (χ4v) is 4.11. The zero-order valence-corrected chi connectivity index (χ0v) is 18.8. The fourth-order valence-electron chi connectivity index (χ4n) is 3.31. The summed E-state index contributed by atoms with van der Waals surface area (Å²) in [5.41, 5.74) is 1.99. The lowest BCUT2D eigenvalue weighted by atomic mass is 10.2. The number of hydrogen-bond acceptors (Lipinski definition) is 8. The zero-order valence-electron chi connectivity index (χ0n) is 18.0. The van der Waals surface area contributed by atoms with Crippen LogP contribution in [0.3, 0.4) is 0 Å². The second-order valence-corrected chi connectivity index (χ2v) is 8.30. The minimum Gasteiger partial charge on any atom is -0.403 e. The van der Waals surface area contributed by atoms with Gasteiger partial charge in [0, 0.05) is 11.8 Å². The molecule has 1 amide bonds. The Morgan fingerprint density at radius 3 is 2.68 bits per heavy atom. The molecule has 5 aromatic rings. The molecular formula is C24H18N6O3S. The number of nitrogens with zero attached hydrogens (tertiary/aromatic N) is 5. The first-order valence-corrected chi connectivity index (χ1v) is 11.3. The molecular weight excluding hydrogens is 452 g/mol. The summed E-state index contributed by atoms with van der Waals surface area (Å²) in [4.78, 5) is 34.8. The van der Waals surface area contributed by atoms with Gasteiger partial charge in [-0.15, -0.1) is 5.10 Å². The van der Waals surface area contributed by atoms with Gasteiger partial charge in [-0.1, -0.05) is 47.2 Å². The first-order valence-electron chi connectivity index (χ1n) is 10.3. The van der Waals surface area contributed by atoms with E-state index in [1.807, 2.05) is 49.4 Å². The quantitative estimate of drug-likeness (QED) is 0.294. The number of thioether (sulfide) groups is 1. The number of aryl methyl sites for hydroxylation is 1. The zero-order chi connectivity index (χ0) is 23.5. The van der Waals surface area contributed by atoms with Crippen LogP contribution in [0, 0.1) is 6.92 Å². The molecule has 34 heavy (non-hydrogen) atoms. The van der Waals surface area contributed by atoms with E-state index >= 15 is 0 Å². The molecule has 0 saturated carbocycles. The number of pyridine rings is 1. The van der Waals surface area contributed by atoms with Crippen molar-refractivity contribution in [3.63, 3.8) is 0 Å². The predicted octanol–water partition coefficient (Wildman–Crippen LogP) is 3.87. The molecule has 1 N–H and O–H groups in total. The van der Waals surface area contributed by atoms with E-state index in [9.17, 15) is 9.59 Å². The van der Waals surface area contributed by atoms with E-state index < -0.39 is 0 Å². The Bertz CT molecular complexity index is 1550. The van der Waals surface area contributed by atoms with Gasteiger partial charge < -0.3 is 4.42 Å². The number of nitrogens with one attached hydrogen (secondary N) is 1. The van der Waals surface area contributed by atoms with Gasteiger partial charge in [0.2, 0.25) is 11.8 Å². The monoisotopic (exact) mass is 470 g/mol. The van der Waals surface area contributed by atoms with Gasteiger partial charge in [0.05, 0.1) is 16.7 Å². The lowest BCUT2D eigenvalue weighted by molar-refractivity contribution is -0.113. The van der Waals surface area contributed by atoms with Crippen LogP contribution in [0.4, 0.5) is 6.01 Å². The molecule has 0 radical (unpaired) electrons. The summed E-state index contributed by atoms with van der Waals surface area (Å²) in [5.74, 6) is 0.341. The number of hydrogen-bond donors (Lipinski definition) is 1. The Balaban J connectivity index is 1.39. The number of carbonyl (C=O) groups excluding carboxylic acids is 1. The smallest absolute Gasteiger partial charge is 0.322 e. The van der Waals surface area contributed by atoms with Crippen molar-refractivity contribution in [1.29, 1.82) is 0 Å². The van der Waals surface area contributed by atoms with Crippen LogP contribution in [0.25, 0.3) is 28.2 Å². The molecule has 0 aliphatic carbocycles. The van der Waals surface area contributed by atoms with Gasteiger partial charge in [0.15, 0.2) is 5.16 Å². The summed E-state index contributed by atoms with van der Waals surface area (Å²) >= 11 is 1.12. The molecule has 2 aromatic carbocycles. The Labute approximate surface area is 197 Å². The van der Waals surface area contributed by atoms with Crippen LogP contribution in [0.1, 0.15) is 5.56 Å². The fraction of sp³-hybridized carbons (Fsp3) is 0.0833. The van der Waals surface area contributed by atoms with Crippen LogP contribution in [-0.2, 0) is 4.79 Å². The number of amides is 1. The van der Waals surface area contributed by atoms with E-state index in [0.717, 1.165) is 22.9 Å². The Hall–Kier alpha value is -4.31. The van der Waals surface area contributed by atoms with Crippen molar-refractivity contribution in [2.45, 2.75) is 12.1 Å². The summed E-state index contributed by atoms with van der Waals surface area (Å²) in [6, 6.07) is 20.0. The normalized spacial score (nSPS) is 11.0. The maximum Gasteiger partial charge on any atom is 0.322 e. The van der Waals surface area contributed by atoms with Gasteiger partial charge in [-0.3, -0.25) is 14.9 Å². The number of anilines is 1. The predicted molar refractivity (Wildman–Crippen MR) is 129 cm³/mol. The van der Waals surface area contributed by atoms with Crippen molar-refractivity contribution < 1.29 is 9.21 Å². The first-order chi connectivity index (χ1) is 16.6. The topological polar surface area (TPSA) is 116 Å². The van der Waals surface area contributed by atoms with Crippen molar-refractivity contribution in [1.82, 2.24) is 24.7 Å². The highest BCUT2D eigenvalue weighted by molar-refractivity contribution is 7.99. The van der Waals surface area contributed by atoms with Crippen molar-refractivity contribution in [2.75, 3.05) is 11.1 Å². The van der Waals surface area contributed by atoms with Crippen LogP contribution in [0.5, 0.6) is 0 Å². The molecule has 0 fully saturated rings. The summed E-state index contributed by atoms with van der Waals surface area (Å²) in [5, 5.41) is 11.3. The Morgan fingerprint density at radius 1 is 1.06 bits per heavy atom. The van der Waals surface area contributed by atoms with E-state index in [2.05, 4.69) is 25.5 Å². The number of carbonyl (C=O) groups is 1. The standard InChI is InChI=1S/C24H18N6O3S/c1-15-11-12-25-19(13-15)30-22(32)17-9-5-6-10-18(17)26-24(30)34-14-20(31)27-23-29-28-21(33-23)16-7-3-2-4-8-16/h2-13H,14H2,1H3,(H,27,29,31).